The molecule has 0 spiro atoms. The van der Waals surface area contributed by atoms with Crippen molar-refractivity contribution in [3.8, 4) is 0 Å². The van der Waals surface area contributed by atoms with Crippen LogP contribution in [0.25, 0.3) is 0 Å². The van der Waals surface area contributed by atoms with Crippen LogP contribution in [0.4, 0.5) is 0 Å². The van der Waals surface area contributed by atoms with Crippen molar-refractivity contribution in [2.45, 2.75) is 25.4 Å². The summed E-state index contributed by atoms with van der Waals surface area (Å²) in [6.45, 7) is 8.06. The first-order valence-corrected chi connectivity index (χ1v) is 6.05. The first-order chi connectivity index (χ1) is 7.44. The molecule has 96 valence electrons. The van der Waals surface area contributed by atoms with E-state index >= 15 is 0 Å². The molecule has 1 heterocycles. The summed E-state index contributed by atoms with van der Waals surface area (Å²) in [4.78, 5) is 4.79. The largest absolute Gasteiger partial charge is 0.383 e. The topological polar surface area (TPSA) is 41.7 Å². The maximum absolute atomic E-state index is 5.90. The molecule has 2 N–H and O–H groups in total. The highest BCUT2D eigenvalue weighted by molar-refractivity contribution is 4.96. The first kappa shape index (κ1) is 13.9. The summed E-state index contributed by atoms with van der Waals surface area (Å²) in [5.74, 6) is 0.692. The van der Waals surface area contributed by atoms with E-state index in [-0.39, 0.29) is 5.54 Å². The van der Waals surface area contributed by atoms with E-state index in [9.17, 15) is 0 Å². The quantitative estimate of drug-likeness (QED) is 0.733. The SMILES string of the molecule is COCC(C)(CN)N1CC(C)C(N(C)C)C1. The van der Waals surface area contributed by atoms with Crippen LogP contribution >= 0.6 is 0 Å². The van der Waals surface area contributed by atoms with E-state index in [0.717, 1.165) is 13.1 Å². The Kier molecular flexibility index (Phi) is 4.73. The van der Waals surface area contributed by atoms with Gasteiger partial charge in [-0.25, -0.2) is 0 Å². The Bertz CT molecular complexity index is 222. The Balaban J connectivity index is 2.68. The van der Waals surface area contributed by atoms with Crippen LogP contribution in [-0.2, 0) is 4.74 Å². The third kappa shape index (κ3) is 2.74. The zero-order valence-corrected chi connectivity index (χ0v) is 11.4. The molecule has 1 aliphatic heterocycles. The third-order valence-electron chi connectivity index (χ3n) is 3.89. The second-order valence-electron chi connectivity index (χ2n) is 5.55. The van der Waals surface area contributed by atoms with Crippen molar-refractivity contribution in [3.63, 3.8) is 0 Å². The molecule has 1 rings (SSSR count). The molecule has 0 radical (unpaired) electrons. The molecular weight excluding hydrogens is 202 g/mol. The first-order valence-electron chi connectivity index (χ1n) is 6.05. The Morgan fingerprint density at radius 3 is 2.44 bits per heavy atom. The Morgan fingerprint density at radius 1 is 1.44 bits per heavy atom. The van der Waals surface area contributed by atoms with Gasteiger partial charge in [0.1, 0.15) is 0 Å². The highest BCUT2D eigenvalue weighted by Crippen LogP contribution is 2.26. The molecule has 4 nitrogen and oxygen atoms in total. The van der Waals surface area contributed by atoms with E-state index in [1.165, 1.54) is 0 Å². The van der Waals surface area contributed by atoms with Crippen LogP contribution in [0, 0.1) is 5.92 Å². The van der Waals surface area contributed by atoms with Gasteiger partial charge < -0.3 is 15.4 Å². The van der Waals surface area contributed by atoms with Crippen LogP contribution in [0.3, 0.4) is 0 Å². The fourth-order valence-electron chi connectivity index (χ4n) is 2.65. The van der Waals surface area contributed by atoms with E-state index in [0.29, 0.717) is 25.1 Å². The van der Waals surface area contributed by atoms with E-state index in [1.54, 1.807) is 7.11 Å². The molecule has 0 aromatic carbocycles. The molecule has 16 heavy (non-hydrogen) atoms. The average Bonchev–Trinajstić information content (AvgIpc) is 2.61. The lowest BCUT2D eigenvalue weighted by Crippen LogP contribution is -2.54. The summed E-state index contributed by atoms with van der Waals surface area (Å²) in [5.41, 5.74) is 5.88. The standard InChI is InChI=1S/C12H27N3O/c1-10-6-15(7-11(10)14(3)4)12(2,8-13)9-16-5/h10-11H,6-9,13H2,1-5H3. The molecule has 1 fully saturated rings. The Hall–Kier alpha value is -0.160. The lowest BCUT2D eigenvalue weighted by molar-refractivity contribution is 0.0377. The number of ether oxygens (including phenoxy) is 1. The van der Waals surface area contributed by atoms with Crippen molar-refractivity contribution in [1.82, 2.24) is 9.80 Å². The van der Waals surface area contributed by atoms with Crippen molar-refractivity contribution >= 4 is 0 Å². The normalized spacial score (nSPS) is 30.9. The van der Waals surface area contributed by atoms with E-state index in [2.05, 4.69) is 37.7 Å². The van der Waals surface area contributed by atoms with Crippen LogP contribution in [-0.4, -0.2) is 68.8 Å². The second kappa shape index (κ2) is 5.45. The third-order valence-corrected chi connectivity index (χ3v) is 3.89. The number of likely N-dealkylation sites (N-methyl/N-ethyl adjacent to an activating group) is 1. The predicted molar refractivity (Wildman–Crippen MR) is 67.5 cm³/mol. The minimum Gasteiger partial charge on any atom is -0.383 e. The summed E-state index contributed by atoms with van der Waals surface area (Å²) in [6, 6.07) is 0.628. The minimum absolute atomic E-state index is 0.0201. The van der Waals surface area contributed by atoms with Gasteiger partial charge in [-0.2, -0.15) is 0 Å². The maximum atomic E-state index is 5.90. The van der Waals surface area contributed by atoms with Gasteiger partial charge in [-0.3, -0.25) is 4.90 Å². The van der Waals surface area contributed by atoms with Gasteiger partial charge in [0.05, 0.1) is 12.1 Å². The highest BCUT2D eigenvalue weighted by atomic mass is 16.5. The number of nitrogens with zero attached hydrogens (tertiary/aromatic N) is 2. The zero-order valence-electron chi connectivity index (χ0n) is 11.4. The minimum atomic E-state index is -0.0201. The van der Waals surface area contributed by atoms with Crippen LogP contribution in [0.5, 0.6) is 0 Å². The van der Waals surface area contributed by atoms with Crippen molar-refractivity contribution in [3.05, 3.63) is 0 Å². The predicted octanol–water partition coefficient (Wildman–Crippen LogP) is 0.232. The van der Waals surface area contributed by atoms with Crippen molar-refractivity contribution < 1.29 is 4.74 Å². The zero-order chi connectivity index (χ0) is 12.3. The summed E-state index contributed by atoms with van der Waals surface area (Å²) in [5, 5.41) is 0. The summed E-state index contributed by atoms with van der Waals surface area (Å²) in [6.07, 6.45) is 0. The smallest absolute Gasteiger partial charge is 0.0656 e. The molecule has 3 unspecified atom stereocenters. The van der Waals surface area contributed by atoms with Crippen LogP contribution in [0.1, 0.15) is 13.8 Å². The van der Waals surface area contributed by atoms with Gasteiger partial charge in [0.2, 0.25) is 0 Å². The van der Waals surface area contributed by atoms with E-state index < -0.39 is 0 Å². The van der Waals surface area contributed by atoms with Gasteiger partial charge in [-0.1, -0.05) is 6.92 Å². The van der Waals surface area contributed by atoms with Gasteiger partial charge in [0, 0.05) is 32.8 Å². The van der Waals surface area contributed by atoms with Gasteiger partial charge in [-0.05, 0) is 26.9 Å². The molecule has 0 aromatic rings. The number of methoxy groups -OCH3 is 1. The van der Waals surface area contributed by atoms with Gasteiger partial charge >= 0.3 is 0 Å². The fraction of sp³-hybridized carbons (Fsp3) is 1.00. The van der Waals surface area contributed by atoms with Crippen LogP contribution in [0.2, 0.25) is 0 Å². The molecule has 0 amide bonds. The van der Waals surface area contributed by atoms with Crippen molar-refractivity contribution in [1.29, 1.82) is 0 Å². The maximum Gasteiger partial charge on any atom is 0.0656 e. The van der Waals surface area contributed by atoms with Gasteiger partial charge in [0.15, 0.2) is 0 Å². The number of likely N-dealkylation sites (tertiary alicyclic amines) is 1. The molecule has 0 aromatic heterocycles. The lowest BCUT2D eigenvalue weighted by Gasteiger charge is -2.37. The van der Waals surface area contributed by atoms with Crippen molar-refractivity contribution in [2.75, 3.05) is 47.4 Å². The average molecular weight is 229 g/mol. The number of hydrogen-bond donors (Lipinski definition) is 1. The number of rotatable bonds is 5. The molecular formula is C12H27N3O. The molecule has 3 atom stereocenters. The van der Waals surface area contributed by atoms with Gasteiger partial charge in [0.25, 0.3) is 0 Å². The molecule has 1 aliphatic rings. The summed E-state index contributed by atoms with van der Waals surface area (Å²) < 4.78 is 5.31. The van der Waals surface area contributed by atoms with E-state index in [1.807, 2.05) is 0 Å². The molecule has 0 saturated carbocycles. The summed E-state index contributed by atoms with van der Waals surface area (Å²) >= 11 is 0. The van der Waals surface area contributed by atoms with Gasteiger partial charge in [-0.15, -0.1) is 0 Å². The Labute approximate surface area is 99.7 Å². The van der Waals surface area contributed by atoms with Crippen molar-refractivity contribution in [2.24, 2.45) is 11.7 Å². The fourth-order valence-corrected chi connectivity index (χ4v) is 2.65. The second-order valence-corrected chi connectivity index (χ2v) is 5.55. The molecule has 0 aliphatic carbocycles. The molecule has 1 saturated heterocycles. The van der Waals surface area contributed by atoms with Crippen LogP contribution < -0.4 is 5.73 Å². The van der Waals surface area contributed by atoms with Crippen LogP contribution in [0.15, 0.2) is 0 Å². The number of nitrogens with two attached hydrogens (primary N) is 1. The Morgan fingerprint density at radius 2 is 2.06 bits per heavy atom. The monoisotopic (exact) mass is 229 g/mol. The summed E-state index contributed by atoms with van der Waals surface area (Å²) in [7, 11) is 6.05. The highest BCUT2D eigenvalue weighted by Gasteiger charge is 2.40. The molecule has 0 bridgehead atoms. The number of hydrogen-bond acceptors (Lipinski definition) is 4. The molecule has 4 heteroatoms. The lowest BCUT2D eigenvalue weighted by atomic mass is 10.0. The van der Waals surface area contributed by atoms with E-state index in [4.69, 9.17) is 10.5 Å².